The zero-order chi connectivity index (χ0) is 11.3. The van der Waals surface area contributed by atoms with E-state index in [9.17, 15) is 0 Å². The second-order valence-electron chi connectivity index (χ2n) is 3.36. The Morgan fingerprint density at radius 2 is 2.33 bits per heavy atom. The number of hydrogen-bond donors (Lipinski definition) is 1. The van der Waals surface area contributed by atoms with Crippen LogP contribution in [0.2, 0.25) is 0 Å². The summed E-state index contributed by atoms with van der Waals surface area (Å²) in [5.41, 5.74) is 5.55. The molecule has 0 aliphatic rings. The summed E-state index contributed by atoms with van der Waals surface area (Å²) in [6.07, 6.45) is 1.67. The van der Waals surface area contributed by atoms with Gasteiger partial charge in [0.2, 0.25) is 5.95 Å². The van der Waals surface area contributed by atoms with Gasteiger partial charge in [0.1, 0.15) is 5.82 Å². The van der Waals surface area contributed by atoms with Crippen molar-refractivity contribution in [3.05, 3.63) is 12.3 Å². The van der Waals surface area contributed by atoms with E-state index in [2.05, 4.69) is 28.7 Å². The van der Waals surface area contributed by atoms with E-state index in [1.807, 2.05) is 6.07 Å². The monoisotopic (exact) mass is 210 g/mol. The van der Waals surface area contributed by atoms with Crippen LogP contribution in [0.5, 0.6) is 0 Å². The van der Waals surface area contributed by atoms with Gasteiger partial charge in [-0.05, 0) is 19.9 Å². The van der Waals surface area contributed by atoms with Gasteiger partial charge in [0.15, 0.2) is 0 Å². The van der Waals surface area contributed by atoms with Gasteiger partial charge in [0.05, 0.1) is 12.6 Å². The number of nitrogens with two attached hydrogens (primary N) is 1. The lowest BCUT2D eigenvalue weighted by Gasteiger charge is -2.28. The fourth-order valence-corrected chi connectivity index (χ4v) is 1.55. The number of likely N-dealkylation sites (N-methyl/N-ethyl adjacent to an activating group) is 1. The summed E-state index contributed by atoms with van der Waals surface area (Å²) in [6.45, 7) is 5.69. The molecule has 0 aliphatic carbocycles. The Balaban J connectivity index is 2.82. The van der Waals surface area contributed by atoms with E-state index in [0.717, 1.165) is 12.4 Å². The number of ether oxygens (including phenoxy) is 1. The minimum atomic E-state index is 0.272. The molecule has 1 atom stereocenters. The quantitative estimate of drug-likeness (QED) is 0.783. The Kier molecular flexibility index (Phi) is 4.30. The molecule has 5 heteroatoms. The number of nitrogen functional groups attached to an aromatic ring is 1. The van der Waals surface area contributed by atoms with Crippen LogP contribution in [0.4, 0.5) is 11.8 Å². The van der Waals surface area contributed by atoms with E-state index in [1.165, 1.54) is 0 Å². The number of anilines is 2. The number of hydrogen-bond acceptors (Lipinski definition) is 5. The molecule has 84 valence electrons. The molecule has 15 heavy (non-hydrogen) atoms. The van der Waals surface area contributed by atoms with Crippen LogP contribution >= 0.6 is 0 Å². The molecule has 0 fully saturated rings. The van der Waals surface area contributed by atoms with Crippen LogP contribution in [0.3, 0.4) is 0 Å². The summed E-state index contributed by atoms with van der Waals surface area (Å²) in [7, 11) is 1.69. The smallest absolute Gasteiger partial charge is 0.221 e. The first-order valence-electron chi connectivity index (χ1n) is 5.03. The normalized spacial score (nSPS) is 12.5. The molecule has 1 aromatic rings. The number of methoxy groups -OCH3 is 1. The highest BCUT2D eigenvalue weighted by Crippen LogP contribution is 2.13. The van der Waals surface area contributed by atoms with Gasteiger partial charge >= 0.3 is 0 Å². The van der Waals surface area contributed by atoms with Gasteiger partial charge in [-0.2, -0.15) is 4.98 Å². The van der Waals surface area contributed by atoms with Crippen LogP contribution < -0.4 is 10.6 Å². The lowest BCUT2D eigenvalue weighted by atomic mass is 10.3. The van der Waals surface area contributed by atoms with Crippen LogP contribution in [0.25, 0.3) is 0 Å². The summed E-state index contributed by atoms with van der Waals surface area (Å²) in [4.78, 5) is 10.2. The van der Waals surface area contributed by atoms with Gasteiger partial charge in [0.25, 0.3) is 0 Å². The van der Waals surface area contributed by atoms with E-state index in [4.69, 9.17) is 10.5 Å². The average Bonchev–Trinajstić information content (AvgIpc) is 2.19. The first kappa shape index (κ1) is 11.7. The molecular formula is C10H18N4O. The molecule has 0 aromatic carbocycles. The molecule has 1 rings (SSSR count). The van der Waals surface area contributed by atoms with Gasteiger partial charge < -0.3 is 15.4 Å². The van der Waals surface area contributed by atoms with Crippen LogP contribution in [0.1, 0.15) is 13.8 Å². The van der Waals surface area contributed by atoms with Gasteiger partial charge in [-0.3, -0.25) is 0 Å². The maximum absolute atomic E-state index is 5.55. The highest BCUT2D eigenvalue weighted by molar-refractivity contribution is 5.41. The molecule has 0 aliphatic heterocycles. The summed E-state index contributed by atoms with van der Waals surface area (Å²) in [6, 6.07) is 2.13. The molecule has 1 unspecified atom stereocenters. The molecule has 1 aromatic heterocycles. The fourth-order valence-electron chi connectivity index (χ4n) is 1.55. The predicted molar refractivity (Wildman–Crippen MR) is 60.8 cm³/mol. The largest absolute Gasteiger partial charge is 0.383 e. The van der Waals surface area contributed by atoms with Crippen molar-refractivity contribution in [2.45, 2.75) is 19.9 Å². The maximum Gasteiger partial charge on any atom is 0.221 e. The summed E-state index contributed by atoms with van der Waals surface area (Å²) >= 11 is 0. The highest BCUT2D eigenvalue weighted by atomic mass is 16.5. The lowest BCUT2D eigenvalue weighted by Crippen LogP contribution is -2.36. The molecule has 0 saturated carbocycles. The SMILES string of the molecule is CCN(c1ccnc(N)n1)C(C)COC. The fraction of sp³-hybridized carbons (Fsp3) is 0.600. The summed E-state index contributed by atoms with van der Waals surface area (Å²) in [5, 5.41) is 0. The minimum absolute atomic E-state index is 0.272. The van der Waals surface area contributed by atoms with E-state index in [1.54, 1.807) is 13.3 Å². The molecule has 0 spiro atoms. The highest BCUT2D eigenvalue weighted by Gasteiger charge is 2.13. The Hall–Kier alpha value is -1.36. The van der Waals surface area contributed by atoms with Crippen LogP contribution in [0, 0.1) is 0 Å². The number of rotatable bonds is 5. The maximum atomic E-state index is 5.55. The topological polar surface area (TPSA) is 64.3 Å². The number of aromatic nitrogens is 2. The summed E-state index contributed by atoms with van der Waals surface area (Å²) in [5.74, 6) is 1.14. The molecular weight excluding hydrogens is 192 g/mol. The van der Waals surface area contributed by atoms with Crippen molar-refractivity contribution >= 4 is 11.8 Å². The van der Waals surface area contributed by atoms with Crippen LogP contribution in [0.15, 0.2) is 12.3 Å². The molecule has 0 saturated heterocycles. The first-order valence-corrected chi connectivity index (χ1v) is 5.03. The van der Waals surface area contributed by atoms with Crippen LogP contribution in [-0.4, -0.2) is 36.3 Å². The molecule has 0 amide bonds. The molecule has 1 heterocycles. The Bertz CT molecular complexity index is 305. The number of nitrogens with zero attached hydrogens (tertiary/aromatic N) is 3. The Morgan fingerprint density at radius 3 is 2.87 bits per heavy atom. The first-order chi connectivity index (χ1) is 7.19. The second kappa shape index (κ2) is 5.50. The van der Waals surface area contributed by atoms with Crippen LogP contribution in [-0.2, 0) is 4.74 Å². The minimum Gasteiger partial charge on any atom is -0.383 e. The summed E-state index contributed by atoms with van der Waals surface area (Å²) < 4.78 is 5.12. The van der Waals surface area contributed by atoms with Crippen molar-refractivity contribution in [2.75, 3.05) is 30.9 Å². The van der Waals surface area contributed by atoms with Gasteiger partial charge in [-0.15, -0.1) is 0 Å². The third-order valence-corrected chi connectivity index (χ3v) is 2.23. The van der Waals surface area contributed by atoms with E-state index < -0.39 is 0 Å². The van der Waals surface area contributed by atoms with Gasteiger partial charge in [0, 0.05) is 19.9 Å². The molecule has 2 N–H and O–H groups in total. The second-order valence-corrected chi connectivity index (χ2v) is 3.36. The lowest BCUT2D eigenvalue weighted by molar-refractivity contribution is 0.181. The average molecular weight is 210 g/mol. The van der Waals surface area contributed by atoms with Gasteiger partial charge in [-0.25, -0.2) is 4.98 Å². The zero-order valence-electron chi connectivity index (χ0n) is 9.47. The third-order valence-electron chi connectivity index (χ3n) is 2.23. The van der Waals surface area contributed by atoms with E-state index >= 15 is 0 Å². The van der Waals surface area contributed by atoms with Crippen molar-refractivity contribution in [3.63, 3.8) is 0 Å². The van der Waals surface area contributed by atoms with E-state index in [-0.39, 0.29) is 6.04 Å². The Morgan fingerprint density at radius 1 is 1.60 bits per heavy atom. The molecule has 0 radical (unpaired) electrons. The van der Waals surface area contributed by atoms with Crippen molar-refractivity contribution in [2.24, 2.45) is 0 Å². The van der Waals surface area contributed by atoms with E-state index in [0.29, 0.717) is 12.6 Å². The predicted octanol–water partition coefficient (Wildman–Crippen LogP) is 0.920. The van der Waals surface area contributed by atoms with Crippen molar-refractivity contribution in [1.29, 1.82) is 0 Å². The van der Waals surface area contributed by atoms with Crippen molar-refractivity contribution in [1.82, 2.24) is 9.97 Å². The zero-order valence-corrected chi connectivity index (χ0v) is 9.47. The molecule has 0 bridgehead atoms. The third kappa shape index (κ3) is 3.06. The van der Waals surface area contributed by atoms with Crippen molar-refractivity contribution < 1.29 is 4.74 Å². The van der Waals surface area contributed by atoms with Gasteiger partial charge in [-0.1, -0.05) is 0 Å². The Labute approximate surface area is 90.3 Å². The standard InChI is InChI=1S/C10H18N4O/c1-4-14(8(2)7-15-3)9-5-6-12-10(11)13-9/h5-6,8H,4,7H2,1-3H3,(H2,11,12,13). The molecule has 5 nitrogen and oxygen atoms in total. The van der Waals surface area contributed by atoms with Crippen molar-refractivity contribution in [3.8, 4) is 0 Å².